The number of aromatic nitrogens is 2. The van der Waals surface area contributed by atoms with Crippen LogP contribution in [-0.2, 0) is 10.0 Å². The number of likely N-dealkylation sites (tertiary alicyclic amines) is 1. The molecule has 0 saturated carbocycles. The first-order chi connectivity index (χ1) is 9.46. The van der Waals surface area contributed by atoms with Gasteiger partial charge in [0.1, 0.15) is 10.7 Å². The Balaban J connectivity index is 2.26. The number of anilines is 1. The van der Waals surface area contributed by atoms with Crippen LogP contribution in [0.3, 0.4) is 0 Å². The minimum atomic E-state index is -3.73. The zero-order valence-electron chi connectivity index (χ0n) is 11.5. The summed E-state index contributed by atoms with van der Waals surface area (Å²) in [5.41, 5.74) is 5.62. The summed E-state index contributed by atoms with van der Waals surface area (Å²) < 4.78 is 26.6. The van der Waals surface area contributed by atoms with Crippen LogP contribution in [0.15, 0.2) is 11.1 Å². The average Bonchev–Trinajstić information content (AvgIpc) is 2.84. The molecule has 2 heterocycles. The van der Waals surface area contributed by atoms with Gasteiger partial charge in [-0.05, 0) is 33.0 Å². The Labute approximate surface area is 118 Å². The van der Waals surface area contributed by atoms with Crippen molar-refractivity contribution in [3.05, 3.63) is 6.20 Å². The van der Waals surface area contributed by atoms with E-state index in [1.54, 1.807) is 0 Å². The lowest BCUT2D eigenvalue weighted by Gasteiger charge is -2.36. The van der Waals surface area contributed by atoms with Gasteiger partial charge in [-0.1, -0.05) is 0 Å². The summed E-state index contributed by atoms with van der Waals surface area (Å²) in [6.07, 6.45) is 2.70. The molecular weight excluding hydrogens is 282 g/mol. The number of hydrogen-bond donors (Lipinski definition) is 3. The summed E-state index contributed by atoms with van der Waals surface area (Å²) in [5.74, 6) is 0.0286. The van der Waals surface area contributed by atoms with E-state index in [1.807, 2.05) is 7.05 Å². The molecule has 1 aromatic heterocycles. The van der Waals surface area contributed by atoms with Crippen LogP contribution < -0.4 is 5.73 Å². The molecule has 1 saturated heterocycles. The number of piperidine rings is 1. The molecule has 1 aliphatic heterocycles. The maximum atomic E-state index is 12.6. The number of aliphatic hydroxyl groups excluding tert-OH is 1. The lowest BCUT2D eigenvalue weighted by atomic mass is 10.1. The van der Waals surface area contributed by atoms with Gasteiger partial charge in [-0.25, -0.2) is 8.42 Å². The number of nitrogens with zero attached hydrogens (tertiary/aromatic N) is 3. The third kappa shape index (κ3) is 2.95. The number of nitrogens with two attached hydrogens (primary N) is 1. The highest BCUT2D eigenvalue weighted by Crippen LogP contribution is 2.25. The van der Waals surface area contributed by atoms with Crippen molar-refractivity contribution in [3.63, 3.8) is 0 Å². The van der Waals surface area contributed by atoms with E-state index in [4.69, 9.17) is 5.73 Å². The molecule has 0 aliphatic carbocycles. The standard InChI is InChI=1S/C11H21N5O3S/c1-15-4-2-9(3-5-15)16(6-7-17)20(18,19)10-8-13-14-11(10)12/h8-9,17H,2-7H2,1H3,(H3,12,13,14). The number of hydrogen-bond acceptors (Lipinski definition) is 6. The predicted molar refractivity (Wildman–Crippen MR) is 74.5 cm³/mol. The lowest BCUT2D eigenvalue weighted by molar-refractivity contribution is 0.161. The fourth-order valence-electron chi connectivity index (χ4n) is 2.50. The van der Waals surface area contributed by atoms with Gasteiger partial charge >= 0.3 is 0 Å². The van der Waals surface area contributed by atoms with Crippen LogP contribution >= 0.6 is 0 Å². The first-order valence-electron chi connectivity index (χ1n) is 6.57. The van der Waals surface area contributed by atoms with Crippen molar-refractivity contribution in [1.82, 2.24) is 19.4 Å². The number of rotatable bonds is 5. The van der Waals surface area contributed by atoms with E-state index in [0.29, 0.717) is 0 Å². The molecule has 0 spiro atoms. The summed E-state index contributed by atoms with van der Waals surface area (Å²) in [7, 11) is -1.72. The van der Waals surface area contributed by atoms with Gasteiger partial charge in [-0.2, -0.15) is 9.40 Å². The Morgan fingerprint density at radius 2 is 2.20 bits per heavy atom. The van der Waals surface area contributed by atoms with Gasteiger partial charge in [0.2, 0.25) is 10.0 Å². The van der Waals surface area contributed by atoms with E-state index in [0.717, 1.165) is 25.9 Å². The minimum Gasteiger partial charge on any atom is -0.395 e. The highest BCUT2D eigenvalue weighted by atomic mass is 32.2. The zero-order valence-corrected chi connectivity index (χ0v) is 12.3. The largest absolute Gasteiger partial charge is 0.395 e. The second kappa shape index (κ2) is 6.08. The number of nitrogen functional groups attached to an aromatic ring is 1. The van der Waals surface area contributed by atoms with Gasteiger partial charge in [0.25, 0.3) is 0 Å². The van der Waals surface area contributed by atoms with E-state index >= 15 is 0 Å². The summed E-state index contributed by atoms with van der Waals surface area (Å²) in [4.78, 5) is 2.14. The smallest absolute Gasteiger partial charge is 0.248 e. The van der Waals surface area contributed by atoms with Crippen LogP contribution in [-0.4, -0.2) is 72.3 Å². The SMILES string of the molecule is CN1CCC(N(CCO)S(=O)(=O)c2cn[nH]c2N)CC1. The van der Waals surface area contributed by atoms with Crippen molar-refractivity contribution < 1.29 is 13.5 Å². The van der Waals surface area contributed by atoms with E-state index < -0.39 is 10.0 Å². The van der Waals surface area contributed by atoms with Crippen LogP contribution in [0.25, 0.3) is 0 Å². The molecule has 1 aromatic rings. The van der Waals surface area contributed by atoms with Gasteiger partial charge in [0.05, 0.1) is 12.8 Å². The van der Waals surface area contributed by atoms with Crippen molar-refractivity contribution in [2.24, 2.45) is 0 Å². The Morgan fingerprint density at radius 1 is 1.55 bits per heavy atom. The second-order valence-electron chi connectivity index (χ2n) is 5.02. The summed E-state index contributed by atoms with van der Waals surface area (Å²) in [6.45, 7) is 1.52. The zero-order chi connectivity index (χ0) is 14.8. The topological polar surface area (TPSA) is 116 Å². The monoisotopic (exact) mass is 303 g/mol. The van der Waals surface area contributed by atoms with Gasteiger partial charge in [-0.3, -0.25) is 5.10 Å². The normalized spacial score (nSPS) is 18.8. The highest BCUT2D eigenvalue weighted by molar-refractivity contribution is 7.89. The molecule has 20 heavy (non-hydrogen) atoms. The Hall–Kier alpha value is -1.16. The van der Waals surface area contributed by atoms with Gasteiger partial charge < -0.3 is 15.7 Å². The number of H-pyrrole nitrogens is 1. The molecular formula is C11H21N5O3S. The summed E-state index contributed by atoms with van der Waals surface area (Å²) >= 11 is 0. The molecule has 0 unspecified atom stereocenters. The molecule has 0 bridgehead atoms. The molecule has 114 valence electrons. The second-order valence-corrected chi connectivity index (χ2v) is 6.88. The molecule has 8 nitrogen and oxygen atoms in total. The van der Waals surface area contributed by atoms with Crippen LogP contribution in [0, 0.1) is 0 Å². The molecule has 9 heteroatoms. The molecule has 0 radical (unpaired) electrons. The molecule has 4 N–H and O–H groups in total. The van der Waals surface area contributed by atoms with Crippen LogP contribution in [0.4, 0.5) is 5.82 Å². The highest BCUT2D eigenvalue weighted by Gasteiger charge is 2.34. The molecule has 0 atom stereocenters. The van der Waals surface area contributed by atoms with E-state index in [-0.39, 0.29) is 29.9 Å². The third-order valence-corrected chi connectivity index (χ3v) is 5.61. The average molecular weight is 303 g/mol. The lowest BCUT2D eigenvalue weighted by Crippen LogP contribution is -2.47. The Morgan fingerprint density at radius 3 is 2.70 bits per heavy atom. The number of aliphatic hydroxyl groups is 1. The fraction of sp³-hybridized carbons (Fsp3) is 0.727. The van der Waals surface area contributed by atoms with Crippen LogP contribution in [0.2, 0.25) is 0 Å². The number of aromatic amines is 1. The van der Waals surface area contributed by atoms with Crippen molar-refractivity contribution in [3.8, 4) is 0 Å². The fourth-order valence-corrected chi connectivity index (χ4v) is 4.18. The van der Waals surface area contributed by atoms with E-state index in [9.17, 15) is 13.5 Å². The first-order valence-corrected chi connectivity index (χ1v) is 8.01. The third-order valence-electron chi connectivity index (χ3n) is 3.63. The van der Waals surface area contributed by atoms with Crippen molar-refractivity contribution in [1.29, 1.82) is 0 Å². The van der Waals surface area contributed by atoms with Gasteiger partial charge in [0, 0.05) is 12.6 Å². The summed E-state index contributed by atoms with van der Waals surface area (Å²) in [5, 5.41) is 15.3. The first kappa shape index (κ1) is 15.2. The van der Waals surface area contributed by atoms with E-state index in [2.05, 4.69) is 15.1 Å². The molecule has 1 aliphatic rings. The summed E-state index contributed by atoms with van der Waals surface area (Å²) in [6, 6.07) is -0.113. The van der Waals surface area contributed by atoms with Crippen LogP contribution in [0.5, 0.6) is 0 Å². The minimum absolute atomic E-state index is 0.0233. The van der Waals surface area contributed by atoms with Crippen molar-refractivity contribution >= 4 is 15.8 Å². The van der Waals surface area contributed by atoms with Crippen molar-refractivity contribution in [2.75, 3.05) is 39.0 Å². The Bertz CT molecular complexity index is 536. The van der Waals surface area contributed by atoms with Gasteiger partial charge in [-0.15, -0.1) is 0 Å². The maximum Gasteiger partial charge on any atom is 0.248 e. The molecule has 2 rings (SSSR count). The molecule has 0 aromatic carbocycles. The quantitative estimate of drug-likeness (QED) is 0.647. The number of nitrogens with one attached hydrogen (secondary N) is 1. The molecule has 0 amide bonds. The maximum absolute atomic E-state index is 12.6. The molecule has 1 fully saturated rings. The number of sulfonamides is 1. The Kier molecular flexibility index (Phi) is 4.63. The van der Waals surface area contributed by atoms with Crippen molar-refractivity contribution in [2.45, 2.75) is 23.8 Å². The van der Waals surface area contributed by atoms with Crippen LogP contribution in [0.1, 0.15) is 12.8 Å². The van der Waals surface area contributed by atoms with E-state index in [1.165, 1.54) is 10.5 Å². The predicted octanol–water partition coefficient (Wildman–Crippen LogP) is -0.931. The van der Waals surface area contributed by atoms with Gasteiger partial charge in [0.15, 0.2) is 0 Å².